The number of fused-ring (bicyclic) bond motifs is 3. The molecule has 0 saturated carbocycles. The van der Waals surface area contributed by atoms with Crippen molar-refractivity contribution in [3.05, 3.63) is 75.0 Å². The van der Waals surface area contributed by atoms with E-state index in [2.05, 4.69) is 70.2 Å². The zero-order valence-electron chi connectivity index (χ0n) is 14.9. The van der Waals surface area contributed by atoms with Gasteiger partial charge in [-0.15, -0.1) is 0 Å². The monoisotopic (exact) mass is 493 g/mol. The molecule has 0 unspecified atom stereocenters. The zero-order chi connectivity index (χ0) is 19.4. The molecule has 0 bridgehead atoms. The van der Waals surface area contributed by atoms with Gasteiger partial charge < -0.3 is 0 Å². The molecular formula is C23H13ClIN3. The molecule has 5 aromatic rings. The third-order valence-corrected chi connectivity index (χ3v) is 6.27. The summed E-state index contributed by atoms with van der Waals surface area (Å²) in [6, 6.07) is 21.1. The van der Waals surface area contributed by atoms with Crippen molar-refractivity contribution in [1.82, 2.24) is 9.78 Å². The van der Waals surface area contributed by atoms with Crippen molar-refractivity contribution in [1.29, 1.82) is 5.26 Å². The number of aromatic nitrogens is 2. The molecule has 0 aliphatic heterocycles. The maximum atomic E-state index is 10.0. The van der Waals surface area contributed by atoms with E-state index in [0.717, 1.165) is 36.4 Å². The van der Waals surface area contributed by atoms with E-state index in [4.69, 9.17) is 11.6 Å². The smallest absolute Gasteiger partial charge is 0.100 e. The van der Waals surface area contributed by atoms with Gasteiger partial charge in [0.25, 0.3) is 0 Å². The van der Waals surface area contributed by atoms with Crippen LogP contribution in [0.3, 0.4) is 0 Å². The second-order valence-electron chi connectivity index (χ2n) is 6.80. The highest BCUT2D eigenvalue weighted by Gasteiger charge is 2.18. The Morgan fingerprint density at radius 1 is 0.964 bits per heavy atom. The molecule has 0 radical (unpaired) electrons. The highest BCUT2D eigenvalue weighted by atomic mass is 127. The number of hydrogen-bond donors (Lipinski definition) is 0. The van der Waals surface area contributed by atoms with Gasteiger partial charge in [-0.05, 0) is 74.5 Å². The lowest BCUT2D eigenvalue weighted by molar-refractivity contribution is 0.775. The first-order valence-electron chi connectivity index (χ1n) is 8.73. The average Bonchev–Trinajstić information content (AvgIpc) is 3.03. The Hall–Kier alpha value is -2.62. The first kappa shape index (κ1) is 17.5. The summed E-state index contributed by atoms with van der Waals surface area (Å²) in [5, 5.41) is 21.3. The molecule has 5 rings (SSSR count). The van der Waals surface area contributed by atoms with Crippen LogP contribution in [0.1, 0.15) is 5.56 Å². The first-order chi connectivity index (χ1) is 13.6. The Morgan fingerprint density at radius 3 is 2.18 bits per heavy atom. The second-order valence-corrected chi connectivity index (χ2v) is 8.37. The molecule has 0 amide bonds. The number of rotatable bonds is 1. The fourth-order valence-corrected chi connectivity index (χ4v) is 4.87. The van der Waals surface area contributed by atoms with Crippen molar-refractivity contribution >= 4 is 66.5 Å². The van der Waals surface area contributed by atoms with Gasteiger partial charge >= 0.3 is 0 Å². The fraction of sp³-hybridized carbons (Fsp3) is 0.0435. The number of aryl methyl sites for hydroxylation is 1. The van der Waals surface area contributed by atoms with Crippen molar-refractivity contribution < 1.29 is 0 Å². The number of nitrogens with zero attached hydrogens (tertiary/aromatic N) is 3. The third-order valence-electron chi connectivity index (χ3n) is 5.17. The molecule has 0 aliphatic rings. The topological polar surface area (TPSA) is 41.6 Å². The maximum Gasteiger partial charge on any atom is 0.100 e. The van der Waals surface area contributed by atoms with Gasteiger partial charge in [0, 0.05) is 28.4 Å². The molecule has 4 aromatic carbocycles. The first-order valence-corrected chi connectivity index (χ1v) is 10.2. The lowest BCUT2D eigenvalue weighted by atomic mass is 9.94. The lowest BCUT2D eigenvalue weighted by Gasteiger charge is -2.12. The lowest BCUT2D eigenvalue weighted by Crippen LogP contribution is -1.98. The van der Waals surface area contributed by atoms with Crippen molar-refractivity contribution in [2.75, 3.05) is 0 Å². The largest absolute Gasteiger partial charge is 0.267 e. The highest BCUT2D eigenvalue weighted by molar-refractivity contribution is 14.1. The van der Waals surface area contributed by atoms with E-state index < -0.39 is 0 Å². The second kappa shape index (κ2) is 6.47. The van der Waals surface area contributed by atoms with Crippen molar-refractivity contribution in [2.45, 2.75) is 0 Å². The Kier molecular flexibility index (Phi) is 4.04. The average molecular weight is 494 g/mol. The SMILES string of the molecule is Cn1ncc(I)c1-c1cc(Cl)c2cc3cc4ccccc4cc3cc2c1C#N. The van der Waals surface area contributed by atoms with E-state index in [0.29, 0.717) is 10.6 Å². The molecule has 1 heterocycles. The molecule has 0 fully saturated rings. The molecule has 0 N–H and O–H groups in total. The van der Waals surface area contributed by atoms with Crippen molar-refractivity contribution in [3.8, 4) is 17.3 Å². The molecule has 0 atom stereocenters. The van der Waals surface area contributed by atoms with Gasteiger partial charge in [0.05, 0.1) is 21.0 Å². The molecule has 1 aromatic heterocycles. The number of nitriles is 1. The molecule has 28 heavy (non-hydrogen) atoms. The van der Waals surface area contributed by atoms with E-state index in [9.17, 15) is 5.26 Å². The Labute approximate surface area is 180 Å². The highest BCUT2D eigenvalue weighted by Crippen LogP contribution is 2.39. The summed E-state index contributed by atoms with van der Waals surface area (Å²) in [4.78, 5) is 0. The Morgan fingerprint density at radius 2 is 1.61 bits per heavy atom. The van der Waals surface area contributed by atoms with Crippen LogP contribution in [0.5, 0.6) is 0 Å². The molecule has 0 aliphatic carbocycles. The molecular weight excluding hydrogens is 481 g/mol. The van der Waals surface area contributed by atoms with Gasteiger partial charge in [0.2, 0.25) is 0 Å². The zero-order valence-corrected chi connectivity index (χ0v) is 17.8. The quantitative estimate of drug-likeness (QED) is 0.193. The predicted molar refractivity (Wildman–Crippen MR) is 124 cm³/mol. The van der Waals surface area contributed by atoms with Crippen molar-refractivity contribution in [2.24, 2.45) is 7.05 Å². The van der Waals surface area contributed by atoms with Gasteiger partial charge in [-0.2, -0.15) is 10.4 Å². The summed E-state index contributed by atoms with van der Waals surface area (Å²) < 4.78 is 2.77. The van der Waals surface area contributed by atoms with Crippen LogP contribution in [-0.4, -0.2) is 9.78 Å². The minimum atomic E-state index is 0.621. The van der Waals surface area contributed by atoms with E-state index >= 15 is 0 Å². The minimum absolute atomic E-state index is 0.621. The molecule has 0 saturated heterocycles. The number of hydrogen-bond acceptors (Lipinski definition) is 2. The van der Waals surface area contributed by atoms with E-state index in [1.807, 2.05) is 25.2 Å². The van der Waals surface area contributed by atoms with Crippen LogP contribution < -0.4 is 0 Å². The third kappa shape index (κ3) is 2.58. The Balaban J connectivity index is 1.92. The summed E-state index contributed by atoms with van der Waals surface area (Å²) in [7, 11) is 1.88. The minimum Gasteiger partial charge on any atom is -0.267 e. The molecule has 134 valence electrons. The van der Waals surface area contributed by atoms with Crippen molar-refractivity contribution in [3.63, 3.8) is 0 Å². The van der Waals surface area contributed by atoms with Crippen LogP contribution in [0.4, 0.5) is 0 Å². The van der Waals surface area contributed by atoms with Crippen LogP contribution in [0.2, 0.25) is 5.02 Å². The van der Waals surface area contributed by atoms with Crippen LogP contribution in [0.15, 0.2) is 60.8 Å². The summed E-state index contributed by atoms with van der Waals surface area (Å²) >= 11 is 8.93. The van der Waals surface area contributed by atoms with Crippen LogP contribution in [0, 0.1) is 14.9 Å². The maximum absolute atomic E-state index is 10.0. The van der Waals surface area contributed by atoms with Gasteiger partial charge in [0.15, 0.2) is 0 Å². The van der Waals surface area contributed by atoms with Gasteiger partial charge in [0.1, 0.15) is 6.07 Å². The number of halogens is 2. The standard InChI is InChI=1S/C23H13ClIN3/c1-28-23(22(25)12-27-28)19-10-21(24)18-9-16-7-14-5-3-2-4-13(14)6-15(16)8-17(18)20(19)11-26/h2-10,12H,1H3. The normalized spacial score (nSPS) is 11.4. The van der Waals surface area contributed by atoms with Gasteiger partial charge in [-0.1, -0.05) is 35.9 Å². The van der Waals surface area contributed by atoms with E-state index in [-0.39, 0.29) is 0 Å². The van der Waals surface area contributed by atoms with Gasteiger partial charge in [-0.25, -0.2) is 0 Å². The summed E-state index contributed by atoms with van der Waals surface area (Å²) in [5.74, 6) is 0. The van der Waals surface area contributed by atoms with Gasteiger partial charge in [-0.3, -0.25) is 4.68 Å². The molecule has 0 spiro atoms. The predicted octanol–water partition coefficient (Wildman–Crippen LogP) is 6.68. The van der Waals surface area contributed by atoms with Crippen LogP contribution in [-0.2, 0) is 7.05 Å². The molecule has 3 nitrogen and oxygen atoms in total. The fourth-order valence-electron chi connectivity index (χ4n) is 3.84. The summed E-state index contributed by atoms with van der Waals surface area (Å²) in [6.45, 7) is 0. The van der Waals surface area contributed by atoms with Crippen LogP contribution in [0.25, 0.3) is 43.6 Å². The Bertz CT molecular complexity index is 1440. The number of benzene rings is 4. The van der Waals surface area contributed by atoms with E-state index in [1.165, 1.54) is 10.8 Å². The summed E-state index contributed by atoms with van der Waals surface area (Å²) in [5.41, 5.74) is 2.33. The van der Waals surface area contributed by atoms with E-state index in [1.54, 1.807) is 10.9 Å². The summed E-state index contributed by atoms with van der Waals surface area (Å²) in [6.07, 6.45) is 1.79. The molecule has 5 heteroatoms. The van der Waals surface area contributed by atoms with Crippen LogP contribution >= 0.6 is 34.2 Å².